The van der Waals surface area contributed by atoms with Crippen molar-refractivity contribution in [3.8, 4) is 0 Å². The number of aliphatic hydroxyl groups excluding tert-OH is 1. The summed E-state index contributed by atoms with van der Waals surface area (Å²) in [5, 5.41) is 12.0. The third kappa shape index (κ3) is 3.86. The number of hydrogen-bond donors (Lipinski definition) is 1. The molecule has 1 unspecified atom stereocenters. The predicted molar refractivity (Wildman–Crippen MR) is 115 cm³/mol. The van der Waals surface area contributed by atoms with Crippen LogP contribution in [-0.2, 0) is 23.2 Å². The molecule has 0 amide bonds. The van der Waals surface area contributed by atoms with Crippen LogP contribution in [0.15, 0.2) is 39.8 Å². The summed E-state index contributed by atoms with van der Waals surface area (Å²) in [7, 11) is 0.962. The first-order chi connectivity index (χ1) is 10.5. The molecule has 0 aromatic rings. The van der Waals surface area contributed by atoms with Gasteiger partial charge in [0.1, 0.15) is 0 Å². The Morgan fingerprint density at radius 2 is 1.44 bits per heavy atom. The summed E-state index contributed by atoms with van der Waals surface area (Å²) in [5.74, 6) is 0.638. The van der Waals surface area contributed by atoms with E-state index in [1.807, 2.05) is 0 Å². The molecular formula is C20H34Cl2OSiZr. The fourth-order valence-electron chi connectivity index (χ4n) is 4.28. The van der Waals surface area contributed by atoms with E-state index in [0.717, 1.165) is 10.2 Å². The Morgan fingerprint density at radius 3 is 1.84 bits per heavy atom. The predicted octanol–water partition coefficient (Wildman–Crippen LogP) is 5.79. The van der Waals surface area contributed by atoms with Gasteiger partial charge in [-0.2, -0.15) is 0 Å². The molecule has 0 bridgehead atoms. The average Bonchev–Trinajstić information content (AvgIpc) is 2.73. The molecule has 1 atom stereocenters. The van der Waals surface area contributed by atoms with Crippen LogP contribution in [0.3, 0.4) is 0 Å². The zero-order chi connectivity index (χ0) is 17.7. The second kappa shape index (κ2) is 8.63. The summed E-state index contributed by atoms with van der Waals surface area (Å²) in [6.45, 7) is 18.5. The van der Waals surface area contributed by atoms with Gasteiger partial charge in [-0.3, -0.25) is 0 Å². The zero-order valence-electron chi connectivity index (χ0n) is 17.2. The van der Waals surface area contributed by atoms with Crippen LogP contribution < -0.4 is 0 Å². The van der Waals surface area contributed by atoms with Crippen molar-refractivity contribution in [1.29, 1.82) is 0 Å². The van der Waals surface area contributed by atoms with Crippen molar-refractivity contribution < 1.29 is 28.3 Å². The monoisotopic (exact) mass is 478 g/mol. The van der Waals surface area contributed by atoms with Gasteiger partial charge < -0.3 is 0 Å². The molecular weight excluding hydrogens is 446 g/mol. The van der Waals surface area contributed by atoms with E-state index in [1.165, 1.54) is 29.2 Å². The van der Waals surface area contributed by atoms with Crippen molar-refractivity contribution in [3.63, 3.8) is 0 Å². The van der Waals surface area contributed by atoms with Gasteiger partial charge >= 0.3 is 157 Å². The number of hydrogen-bond acceptors (Lipinski definition) is 1. The van der Waals surface area contributed by atoms with Gasteiger partial charge in [-0.1, -0.05) is 0 Å². The molecule has 2 aliphatic carbocycles. The molecule has 0 heterocycles. The quantitative estimate of drug-likeness (QED) is 0.505. The van der Waals surface area contributed by atoms with E-state index in [9.17, 15) is 5.11 Å². The third-order valence-electron chi connectivity index (χ3n) is 6.53. The van der Waals surface area contributed by atoms with Crippen LogP contribution in [0.25, 0.3) is 0 Å². The smallest absolute Gasteiger partial charge is 0.147 e. The minimum absolute atomic E-state index is 0. The Kier molecular flexibility index (Phi) is 8.78. The van der Waals surface area contributed by atoms with Crippen molar-refractivity contribution in [1.82, 2.24) is 0 Å². The molecule has 0 saturated carbocycles. The van der Waals surface area contributed by atoms with Crippen LogP contribution in [0, 0.1) is 10.8 Å². The van der Waals surface area contributed by atoms with E-state index in [0.29, 0.717) is 5.76 Å². The van der Waals surface area contributed by atoms with Crippen molar-refractivity contribution >= 4 is 35.1 Å². The number of allylic oxidation sites excluding steroid dienone is 7. The molecule has 142 valence electrons. The molecule has 0 aliphatic heterocycles. The van der Waals surface area contributed by atoms with Gasteiger partial charge in [0, 0.05) is 0 Å². The van der Waals surface area contributed by atoms with E-state index in [2.05, 4.69) is 55.4 Å². The Labute approximate surface area is 181 Å². The summed E-state index contributed by atoms with van der Waals surface area (Å²) < 4.78 is 3.39. The molecule has 25 heavy (non-hydrogen) atoms. The van der Waals surface area contributed by atoms with E-state index in [4.69, 9.17) is 0 Å². The molecule has 1 N–H and O–H groups in total. The second-order valence-corrected chi connectivity index (χ2v) is 12.1. The van der Waals surface area contributed by atoms with Gasteiger partial charge in [-0.15, -0.1) is 24.8 Å². The molecule has 1 nitrogen and oxygen atoms in total. The van der Waals surface area contributed by atoms with Crippen molar-refractivity contribution in [2.24, 2.45) is 10.8 Å². The van der Waals surface area contributed by atoms with Gasteiger partial charge in [-0.25, -0.2) is 0 Å². The van der Waals surface area contributed by atoms with Gasteiger partial charge in [-0.05, 0) is 0 Å². The van der Waals surface area contributed by atoms with Crippen LogP contribution >= 0.6 is 24.8 Å². The first-order valence-electron chi connectivity index (χ1n) is 8.78. The second-order valence-electron chi connectivity index (χ2n) is 8.06. The van der Waals surface area contributed by atoms with E-state index >= 15 is 0 Å². The molecule has 2 rings (SSSR count). The number of rotatable bonds is 4. The first-order valence-corrected chi connectivity index (χ1v) is 12.2. The van der Waals surface area contributed by atoms with Crippen LogP contribution in [0.4, 0.5) is 0 Å². The first kappa shape index (κ1) is 25.4. The molecule has 0 spiro atoms. The van der Waals surface area contributed by atoms with Gasteiger partial charge in [0.05, 0.1) is 0 Å². The summed E-state index contributed by atoms with van der Waals surface area (Å²) in [6, 6.07) is 0. The topological polar surface area (TPSA) is 20.2 Å². The molecule has 2 aliphatic rings. The Balaban J connectivity index is 0.00000288. The van der Waals surface area contributed by atoms with Crippen LogP contribution in [0.2, 0.25) is 0 Å². The molecule has 0 aromatic heterocycles. The molecule has 0 saturated heterocycles. The Morgan fingerprint density at radius 1 is 0.920 bits per heavy atom. The van der Waals surface area contributed by atoms with E-state index in [-0.39, 0.29) is 35.6 Å². The van der Waals surface area contributed by atoms with Gasteiger partial charge in [0.2, 0.25) is 0 Å². The van der Waals surface area contributed by atoms with Crippen molar-refractivity contribution in [2.75, 3.05) is 0 Å². The fraction of sp³-hybridized carbons (Fsp3) is 0.600. The van der Waals surface area contributed by atoms with Crippen molar-refractivity contribution in [2.45, 2.75) is 68.2 Å². The largest absolute Gasteiger partial charge is 0.147 e. The molecule has 0 fully saturated rings. The van der Waals surface area contributed by atoms with Crippen LogP contribution in [0.1, 0.15) is 68.2 Å². The maximum absolute atomic E-state index is 10.6. The van der Waals surface area contributed by atoms with Crippen LogP contribution in [0.5, 0.6) is 0 Å². The van der Waals surface area contributed by atoms with Crippen LogP contribution in [-0.4, -0.2) is 15.3 Å². The normalized spacial score (nSPS) is 25.6. The minimum atomic E-state index is -0.884. The summed E-state index contributed by atoms with van der Waals surface area (Å²) >= 11 is -0.884. The Bertz CT molecular complexity index is 686. The number of halogens is 2. The third-order valence-corrected chi connectivity index (χ3v) is 14.7. The van der Waals surface area contributed by atoms with E-state index in [1.54, 1.807) is 17.7 Å². The average molecular weight is 481 g/mol. The van der Waals surface area contributed by atoms with Gasteiger partial charge in [0.25, 0.3) is 0 Å². The van der Waals surface area contributed by atoms with Crippen molar-refractivity contribution in [3.05, 3.63) is 39.8 Å². The SMILES string of the molecule is CCCC1(C)C(C)=C(O)C([SiH3])=[C]1[Zr][C]1=C(C)C(C)=C(C)C1(C)C.Cl.Cl. The summed E-state index contributed by atoms with van der Waals surface area (Å²) in [6.07, 6.45) is 2.35. The van der Waals surface area contributed by atoms with E-state index < -0.39 is 23.2 Å². The molecule has 0 radical (unpaired) electrons. The summed E-state index contributed by atoms with van der Waals surface area (Å²) in [5.41, 5.74) is 6.17. The maximum atomic E-state index is 10.6. The standard InChI is InChI=1S/C10H17OSi.C10H15.2ClH.Zr/c1-4-5-10(3)6-8(12)9(11)7(10)2;1-7-6-10(4,5)9(3)8(7)2;;;/h11H,4-5H2,1-3,12H3;1-5H3;2*1H;. The summed E-state index contributed by atoms with van der Waals surface area (Å²) in [4.78, 5) is 0. The molecule has 5 heteroatoms. The van der Waals surface area contributed by atoms with Gasteiger partial charge in [0.15, 0.2) is 0 Å². The molecule has 0 aromatic carbocycles. The minimum Gasteiger partial charge on any atom is -0.147 e. The Hall–Kier alpha value is 0.440. The maximum Gasteiger partial charge on any atom is -0.147 e. The zero-order valence-corrected chi connectivity index (χ0v) is 23.3. The fourth-order valence-corrected chi connectivity index (χ4v) is 10.9. The number of aliphatic hydroxyl groups is 1.